The fourth-order valence-electron chi connectivity index (χ4n) is 4.78. The molecule has 5 rings (SSSR count). The first kappa shape index (κ1) is 33.2. The van der Waals surface area contributed by atoms with Crippen LogP contribution in [0.4, 0.5) is 13.2 Å². The number of aliphatic carboxylic acids is 1. The van der Waals surface area contributed by atoms with E-state index in [-0.39, 0.29) is 0 Å². The minimum absolute atomic E-state index is 0.302. The van der Waals surface area contributed by atoms with Crippen LogP contribution in [0, 0.1) is 13.8 Å². The fourth-order valence-corrected chi connectivity index (χ4v) is 7.07. The molecule has 0 aliphatic heterocycles. The molecule has 5 aromatic rings. The monoisotopic (exact) mass is 662 g/mol. The number of carboxylic acid groups (broad SMARTS) is 1. The number of thioether (sulfide) groups is 1. The Morgan fingerprint density at radius 2 is 1.50 bits per heavy atom. The Hall–Kier alpha value is -4.21. The molecule has 0 saturated carbocycles. The lowest BCUT2D eigenvalue weighted by Gasteiger charge is -2.15. The summed E-state index contributed by atoms with van der Waals surface area (Å²) >= 11 is 3.14. The van der Waals surface area contributed by atoms with E-state index in [0.717, 1.165) is 54.8 Å². The second-order valence-corrected chi connectivity index (χ2v) is 13.1. The number of ether oxygens (including phenoxy) is 2. The Labute approximate surface area is 274 Å². The van der Waals surface area contributed by atoms with E-state index in [0.29, 0.717) is 30.1 Å². The van der Waals surface area contributed by atoms with E-state index < -0.39 is 23.8 Å². The van der Waals surface area contributed by atoms with Crippen LogP contribution in [-0.2, 0) is 23.3 Å². The average Bonchev–Trinajstić information content (AvgIpc) is 3.45. The molecule has 1 unspecified atom stereocenters. The Morgan fingerprint density at radius 3 is 2.09 bits per heavy atom. The summed E-state index contributed by atoms with van der Waals surface area (Å²) < 4.78 is 51.4. The average molecular weight is 663 g/mol. The zero-order valence-corrected chi connectivity index (χ0v) is 27.2. The minimum atomic E-state index is -4.40. The predicted molar refractivity (Wildman–Crippen MR) is 179 cm³/mol. The number of aryl methyl sites for hydroxylation is 2. The molecule has 0 aliphatic rings. The van der Waals surface area contributed by atoms with Crippen molar-refractivity contribution >= 4 is 29.1 Å². The molecule has 238 valence electrons. The molecule has 9 heteroatoms. The third-order valence-electron chi connectivity index (χ3n) is 7.46. The van der Waals surface area contributed by atoms with Crippen LogP contribution in [0.2, 0.25) is 0 Å². The molecule has 1 aromatic heterocycles. The molecule has 0 fully saturated rings. The van der Waals surface area contributed by atoms with Crippen molar-refractivity contribution in [2.45, 2.75) is 56.7 Å². The summed E-state index contributed by atoms with van der Waals surface area (Å²) in [6.07, 6.45) is -4.95. The summed E-state index contributed by atoms with van der Waals surface area (Å²) in [5.41, 5.74) is 5.22. The van der Waals surface area contributed by atoms with Gasteiger partial charge in [-0.2, -0.15) is 13.2 Å². The number of hydrogen-bond donors (Lipinski definition) is 1. The molecule has 46 heavy (non-hydrogen) atoms. The standard InChI is InChI=1S/C37H33F3O4S2/c1-4-32(36(41)42)44-33-18-17-31(19-24(33)3)45-22-35-28(20-34(46-35)27-9-13-29(14-10-27)37(38,39)40)21-43-30-15-11-26(12-16-30)25-7-5-23(2)6-8-25/h5-20,32H,4,21-22H2,1-3H3,(H,41,42). The molecule has 0 spiro atoms. The number of carbonyl (C=O) groups is 1. The lowest BCUT2D eigenvalue weighted by molar-refractivity contribution is -0.145. The SMILES string of the molecule is CCC(Oc1ccc(SCc2sc(-c3ccc(C(F)(F)F)cc3)cc2COc2ccc(-c3ccc(C)cc3)cc2)cc1C)C(=O)O. The van der Waals surface area contributed by atoms with Crippen molar-refractivity contribution in [3.63, 3.8) is 0 Å². The van der Waals surface area contributed by atoms with Gasteiger partial charge in [-0.15, -0.1) is 23.1 Å². The smallest absolute Gasteiger partial charge is 0.416 e. The van der Waals surface area contributed by atoms with Crippen LogP contribution >= 0.6 is 23.1 Å². The highest BCUT2D eigenvalue weighted by Gasteiger charge is 2.30. The second kappa shape index (κ2) is 14.5. The molecule has 0 radical (unpaired) electrons. The maximum absolute atomic E-state index is 13.2. The summed E-state index contributed by atoms with van der Waals surface area (Å²) in [5.74, 6) is 0.860. The number of alkyl halides is 3. The van der Waals surface area contributed by atoms with Gasteiger partial charge in [0.2, 0.25) is 0 Å². The van der Waals surface area contributed by atoms with Crippen LogP contribution in [0.25, 0.3) is 21.6 Å². The van der Waals surface area contributed by atoms with Gasteiger partial charge in [0.15, 0.2) is 6.10 Å². The summed E-state index contributed by atoms with van der Waals surface area (Å²) in [6, 6.07) is 29.1. The van der Waals surface area contributed by atoms with Gasteiger partial charge in [0, 0.05) is 26.0 Å². The van der Waals surface area contributed by atoms with Crippen molar-refractivity contribution in [2.75, 3.05) is 0 Å². The number of rotatable bonds is 12. The highest BCUT2D eigenvalue weighted by Crippen LogP contribution is 2.38. The second-order valence-electron chi connectivity index (χ2n) is 10.9. The van der Waals surface area contributed by atoms with Gasteiger partial charge in [-0.25, -0.2) is 4.79 Å². The maximum Gasteiger partial charge on any atom is 0.416 e. The highest BCUT2D eigenvalue weighted by atomic mass is 32.2. The Balaban J connectivity index is 1.34. The quantitative estimate of drug-likeness (QED) is 0.135. The van der Waals surface area contributed by atoms with Crippen LogP contribution in [0.3, 0.4) is 0 Å². The van der Waals surface area contributed by atoms with Crippen molar-refractivity contribution in [1.29, 1.82) is 0 Å². The first-order chi connectivity index (χ1) is 22.0. The molecular formula is C37H33F3O4S2. The van der Waals surface area contributed by atoms with Crippen molar-refractivity contribution in [2.24, 2.45) is 0 Å². The maximum atomic E-state index is 13.2. The Morgan fingerprint density at radius 1 is 0.870 bits per heavy atom. The van der Waals surface area contributed by atoms with Gasteiger partial charge in [0.25, 0.3) is 0 Å². The van der Waals surface area contributed by atoms with Gasteiger partial charge in [0.1, 0.15) is 18.1 Å². The fraction of sp³-hybridized carbons (Fsp3) is 0.216. The van der Waals surface area contributed by atoms with Crippen molar-refractivity contribution in [3.8, 4) is 33.1 Å². The molecule has 1 N–H and O–H groups in total. The number of thiophene rings is 1. The van der Waals surface area contributed by atoms with Crippen LogP contribution in [0.5, 0.6) is 11.5 Å². The first-order valence-electron chi connectivity index (χ1n) is 14.7. The lowest BCUT2D eigenvalue weighted by Crippen LogP contribution is -2.26. The van der Waals surface area contributed by atoms with Crippen molar-refractivity contribution in [3.05, 3.63) is 124 Å². The molecule has 0 bridgehead atoms. The van der Waals surface area contributed by atoms with E-state index in [9.17, 15) is 23.1 Å². The van der Waals surface area contributed by atoms with Gasteiger partial charge in [-0.1, -0.05) is 61.0 Å². The van der Waals surface area contributed by atoms with Gasteiger partial charge in [0.05, 0.1) is 5.56 Å². The third-order valence-corrected chi connectivity index (χ3v) is 9.89. The first-order valence-corrected chi connectivity index (χ1v) is 16.5. The lowest BCUT2D eigenvalue weighted by atomic mass is 10.0. The van der Waals surface area contributed by atoms with Crippen molar-refractivity contribution < 1.29 is 32.5 Å². The van der Waals surface area contributed by atoms with Gasteiger partial charge < -0.3 is 14.6 Å². The van der Waals surface area contributed by atoms with E-state index in [1.165, 1.54) is 29.0 Å². The number of halogens is 3. The van der Waals surface area contributed by atoms with E-state index in [1.807, 2.05) is 49.4 Å². The highest BCUT2D eigenvalue weighted by molar-refractivity contribution is 7.98. The predicted octanol–water partition coefficient (Wildman–Crippen LogP) is 10.8. The van der Waals surface area contributed by atoms with E-state index >= 15 is 0 Å². The molecule has 0 amide bonds. The van der Waals surface area contributed by atoms with Crippen molar-refractivity contribution in [1.82, 2.24) is 0 Å². The molecular weight excluding hydrogens is 630 g/mol. The van der Waals surface area contributed by atoms with Crippen LogP contribution in [-0.4, -0.2) is 17.2 Å². The Kier molecular flexibility index (Phi) is 10.4. The van der Waals surface area contributed by atoms with E-state index in [4.69, 9.17) is 9.47 Å². The topological polar surface area (TPSA) is 55.8 Å². The molecule has 1 atom stereocenters. The molecule has 0 saturated heterocycles. The van der Waals surface area contributed by atoms with Gasteiger partial charge >= 0.3 is 12.1 Å². The van der Waals surface area contributed by atoms with Crippen LogP contribution in [0.1, 0.15) is 40.5 Å². The molecule has 0 aliphatic carbocycles. The van der Waals surface area contributed by atoms with Crippen LogP contribution in [0.15, 0.2) is 102 Å². The van der Waals surface area contributed by atoms with Gasteiger partial charge in [-0.3, -0.25) is 0 Å². The minimum Gasteiger partial charge on any atom is -0.489 e. The van der Waals surface area contributed by atoms with Gasteiger partial charge in [-0.05, 0) is 91.1 Å². The molecule has 1 heterocycles. The third kappa shape index (κ3) is 8.33. The molecule has 4 aromatic carbocycles. The van der Waals surface area contributed by atoms with Crippen LogP contribution < -0.4 is 9.47 Å². The van der Waals surface area contributed by atoms with E-state index in [2.05, 4.69) is 31.2 Å². The zero-order chi connectivity index (χ0) is 32.8. The summed E-state index contributed by atoms with van der Waals surface area (Å²) in [7, 11) is 0. The summed E-state index contributed by atoms with van der Waals surface area (Å²) in [6.45, 7) is 6.00. The normalized spacial score (nSPS) is 12.1. The molecule has 4 nitrogen and oxygen atoms in total. The number of benzene rings is 4. The van der Waals surface area contributed by atoms with E-state index in [1.54, 1.807) is 24.8 Å². The summed E-state index contributed by atoms with van der Waals surface area (Å²) in [5, 5.41) is 9.35. The largest absolute Gasteiger partial charge is 0.489 e. The Bertz CT molecular complexity index is 1780. The summed E-state index contributed by atoms with van der Waals surface area (Å²) in [4.78, 5) is 14.3. The number of hydrogen-bond acceptors (Lipinski definition) is 5. The zero-order valence-electron chi connectivity index (χ0n) is 25.6. The number of carboxylic acids is 1.